The van der Waals surface area contributed by atoms with E-state index in [0.717, 1.165) is 12.8 Å². The van der Waals surface area contributed by atoms with E-state index in [9.17, 15) is 0 Å². The van der Waals surface area contributed by atoms with Gasteiger partial charge in [-0.05, 0) is 12.8 Å². The van der Waals surface area contributed by atoms with Crippen LogP contribution in [0.2, 0.25) is 0 Å². The van der Waals surface area contributed by atoms with Gasteiger partial charge >= 0.3 is 0 Å². The lowest BCUT2D eigenvalue weighted by Crippen LogP contribution is -2.21. The molecule has 2 rings (SSSR count). The summed E-state index contributed by atoms with van der Waals surface area (Å²) in [5.41, 5.74) is 5.70. The van der Waals surface area contributed by atoms with Crippen LogP contribution in [0.25, 0.3) is 0 Å². The Hall–Kier alpha value is -1.16. The van der Waals surface area contributed by atoms with Gasteiger partial charge in [0, 0.05) is 6.04 Å². The molecule has 0 fully saturated rings. The van der Waals surface area contributed by atoms with Crippen molar-refractivity contribution < 1.29 is 4.42 Å². The average Bonchev–Trinajstić information content (AvgIpc) is 2.58. The van der Waals surface area contributed by atoms with Crippen LogP contribution >= 0.6 is 0 Å². The van der Waals surface area contributed by atoms with Crippen molar-refractivity contribution in [3.05, 3.63) is 24.4 Å². The largest absolute Gasteiger partial charge is 0.427 e. The van der Waals surface area contributed by atoms with Gasteiger partial charge in [-0.3, -0.25) is 0 Å². The Kier molecular flexibility index (Phi) is 1.91. The summed E-state index contributed by atoms with van der Waals surface area (Å²) < 4.78 is 5.09. The molecule has 12 heavy (non-hydrogen) atoms. The topological polar surface area (TPSA) is 64.9 Å². The van der Waals surface area contributed by atoms with Crippen LogP contribution in [0, 0.1) is 0 Å². The van der Waals surface area contributed by atoms with Gasteiger partial charge in [0.25, 0.3) is 0 Å². The molecule has 0 saturated carbocycles. The van der Waals surface area contributed by atoms with Crippen molar-refractivity contribution >= 4 is 0 Å². The number of hydrogen-bond donors (Lipinski definition) is 1. The van der Waals surface area contributed by atoms with Crippen LogP contribution in [0.15, 0.2) is 23.0 Å². The van der Waals surface area contributed by atoms with Crippen molar-refractivity contribution in [2.24, 2.45) is 5.73 Å². The molecule has 4 nitrogen and oxygen atoms in total. The van der Waals surface area contributed by atoms with E-state index >= 15 is 0 Å². The zero-order valence-electron chi connectivity index (χ0n) is 6.68. The van der Waals surface area contributed by atoms with Gasteiger partial charge in [0.15, 0.2) is 0 Å². The number of nitrogens with two attached hydrogens (primary N) is 1. The fourth-order valence-corrected chi connectivity index (χ4v) is 1.39. The maximum absolute atomic E-state index is 5.70. The highest BCUT2D eigenvalue weighted by molar-refractivity contribution is 5.10. The molecule has 0 aliphatic heterocycles. The molecule has 1 aromatic heterocycles. The lowest BCUT2D eigenvalue weighted by atomic mass is 9.93. The minimum Gasteiger partial charge on any atom is -0.427 e. The molecule has 2 atom stereocenters. The maximum atomic E-state index is 5.70. The van der Waals surface area contributed by atoms with E-state index in [-0.39, 0.29) is 12.0 Å². The molecule has 0 spiro atoms. The van der Waals surface area contributed by atoms with Crippen LogP contribution in [0.5, 0.6) is 0 Å². The molecule has 0 radical (unpaired) electrons. The Morgan fingerprint density at radius 2 is 2.33 bits per heavy atom. The Bertz CT molecular complexity index is 268. The predicted molar refractivity (Wildman–Crippen MR) is 43.4 cm³/mol. The van der Waals surface area contributed by atoms with Crippen molar-refractivity contribution in [3.8, 4) is 0 Å². The first-order valence-electron chi connectivity index (χ1n) is 4.06. The molecule has 2 N–H and O–H groups in total. The van der Waals surface area contributed by atoms with Crippen LogP contribution in [0.3, 0.4) is 0 Å². The molecular weight excluding hydrogens is 154 g/mol. The van der Waals surface area contributed by atoms with E-state index in [0.29, 0.717) is 5.89 Å². The quantitative estimate of drug-likeness (QED) is 0.626. The average molecular weight is 165 g/mol. The van der Waals surface area contributed by atoms with Gasteiger partial charge in [0.2, 0.25) is 12.3 Å². The van der Waals surface area contributed by atoms with Gasteiger partial charge in [-0.1, -0.05) is 12.2 Å². The molecule has 64 valence electrons. The number of rotatable bonds is 1. The fraction of sp³-hybridized carbons (Fsp3) is 0.500. The van der Waals surface area contributed by atoms with Crippen LogP contribution in [0.4, 0.5) is 0 Å². The van der Waals surface area contributed by atoms with Crippen LogP contribution in [-0.2, 0) is 0 Å². The zero-order chi connectivity index (χ0) is 8.39. The van der Waals surface area contributed by atoms with Crippen LogP contribution in [0.1, 0.15) is 24.7 Å². The Morgan fingerprint density at radius 1 is 1.42 bits per heavy atom. The van der Waals surface area contributed by atoms with E-state index in [2.05, 4.69) is 10.2 Å². The number of nitrogens with zero attached hydrogens (tertiary/aromatic N) is 2. The molecule has 4 heteroatoms. The summed E-state index contributed by atoms with van der Waals surface area (Å²) in [5.74, 6) is 0.963. The normalized spacial score (nSPS) is 29.1. The molecule has 1 heterocycles. The summed E-state index contributed by atoms with van der Waals surface area (Å²) in [4.78, 5) is 0. The predicted octanol–water partition coefficient (Wildman–Crippen LogP) is 0.830. The minimum absolute atomic E-state index is 0.198. The molecule has 1 aromatic rings. The zero-order valence-corrected chi connectivity index (χ0v) is 6.68. The molecule has 1 aliphatic rings. The Labute approximate surface area is 70.5 Å². The van der Waals surface area contributed by atoms with Crippen LogP contribution in [-0.4, -0.2) is 16.2 Å². The first-order valence-corrected chi connectivity index (χ1v) is 4.06. The molecule has 0 amide bonds. The maximum Gasteiger partial charge on any atom is 0.223 e. The molecule has 0 aromatic carbocycles. The summed E-state index contributed by atoms with van der Waals surface area (Å²) in [7, 11) is 0. The molecule has 0 bridgehead atoms. The van der Waals surface area contributed by atoms with E-state index < -0.39 is 0 Å². The number of hydrogen-bond acceptors (Lipinski definition) is 4. The lowest BCUT2D eigenvalue weighted by molar-refractivity contribution is 0.445. The summed E-state index contributed by atoms with van der Waals surface area (Å²) >= 11 is 0. The van der Waals surface area contributed by atoms with Gasteiger partial charge in [0.1, 0.15) is 0 Å². The number of aromatic nitrogens is 2. The summed E-state index contributed by atoms with van der Waals surface area (Å²) in [6.07, 6.45) is 7.39. The summed E-state index contributed by atoms with van der Waals surface area (Å²) in [6, 6.07) is 0.198. The second kappa shape index (κ2) is 3.06. The van der Waals surface area contributed by atoms with E-state index in [1.54, 1.807) is 0 Å². The summed E-state index contributed by atoms with van der Waals surface area (Å²) in [5, 5.41) is 7.49. The van der Waals surface area contributed by atoms with Gasteiger partial charge in [-0.25, -0.2) is 0 Å². The molecule has 0 saturated heterocycles. The standard InChI is InChI=1S/C8H11N3O/c9-7-3-1-6(2-4-7)8-11-10-5-12-8/h1,3,5-7H,2,4,9H2. The third-order valence-corrected chi connectivity index (χ3v) is 2.10. The molecule has 1 aliphatic carbocycles. The third-order valence-electron chi connectivity index (χ3n) is 2.10. The minimum atomic E-state index is 0.198. The van der Waals surface area contributed by atoms with Gasteiger partial charge in [-0.2, -0.15) is 0 Å². The SMILES string of the molecule is NC1C=CC(c2nnco2)CC1. The molecular formula is C8H11N3O. The second-order valence-electron chi connectivity index (χ2n) is 3.01. The number of allylic oxidation sites excluding steroid dienone is 1. The highest BCUT2D eigenvalue weighted by Crippen LogP contribution is 2.25. The lowest BCUT2D eigenvalue weighted by Gasteiger charge is -2.16. The van der Waals surface area contributed by atoms with E-state index in [1.165, 1.54) is 6.39 Å². The van der Waals surface area contributed by atoms with Crippen molar-refractivity contribution in [2.45, 2.75) is 24.8 Å². The molecule has 2 unspecified atom stereocenters. The van der Waals surface area contributed by atoms with Crippen molar-refractivity contribution in [1.82, 2.24) is 10.2 Å². The third kappa shape index (κ3) is 1.38. The fourth-order valence-electron chi connectivity index (χ4n) is 1.39. The Balaban J connectivity index is 2.12. The smallest absolute Gasteiger partial charge is 0.223 e. The Morgan fingerprint density at radius 3 is 2.92 bits per heavy atom. The van der Waals surface area contributed by atoms with Crippen molar-refractivity contribution in [2.75, 3.05) is 0 Å². The van der Waals surface area contributed by atoms with Gasteiger partial charge in [-0.15, -0.1) is 10.2 Å². The summed E-state index contributed by atoms with van der Waals surface area (Å²) in [6.45, 7) is 0. The highest BCUT2D eigenvalue weighted by atomic mass is 16.4. The first-order chi connectivity index (χ1) is 5.86. The second-order valence-corrected chi connectivity index (χ2v) is 3.01. The monoisotopic (exact) mass is 165 g/mol. The van der Waals surface area contributed by atoms with Crippen molar-refractivity contribution in [3.63, 3.8) is 0 Å². The van der Waals surface area contributed by atoms with Crippen LogP contribution < -0.4 is 5.73 Å². The highest BCUT2D eigenvalue weighted by Gasteiger charge is 2.18. The van der Waals surface area contributed by atoms with Crippen molar-refractivity contribution in [1.29, 1.82) is 0 Å². The van der Waals surface area contributed by atoms with E-state index in [4.69, 9.17) is 10.2 Å². The van der Waals surface area contributed by atoms with Gasteiger partial charge in [0.05, 0.1) is 5.92 Å². The first kappa shape index (κ1) is 7.49. The van der Waals surface area contributed by atoms with Gasteiger partial charge < -0.3 is 10.2 Å². The van der Waals surface area contributed by atoms with E-state index in [1.807, 2.05) is 12.2 Å².